The van der Waals surface area contributed by atoms with Crippen molar-refractivity contribution < 1.29 is 24.0 Å². The van der Waals surface area contributed by atoms with Gasteiger partial charge in [-0.15, -0.1) is 0 Å². The van der Waals surface area contributed by atoms with Crippen molar-refractivity contribution in [3.63, 3.8) is 0 Å². The molecule has 1 aromatic rings. The fourth-order valence-electron chi connectivity index (χ4n) is 2.64. The fourth-order valence-corrected chi connectivity index (χ4v) is 2.64. The number of likely N-dealkylation sites (tertiary alicyclic amines) is 1. The summed E-state index contributed by atoms with van der Waals surface area (Å²) in [4.78, 5) is 35.4. The molecule has 10 heteroatoms. The van der Waals surface area contributed by atoms with Crippen LogP contribution in [0.2, 0.25) is 0 Å². The Kier molecular flexibility index (Phi) is 5.07. The maximum absolute atomic E-state index is 12.6. The van der Waals surface area contributed by atoms with Crippen LogP contribution >= 0.6 is 0 Å². The molecular formula is C14H18N4O6. The molecule has 1 saturated heterocycles. The first-order chi connectivity index (χ1) is 11.4. The number of primary amides is 1. The molecule has 0 aliphatic carbocycles. The number of rotatable bonds is 5. The van der Waals surface area contributed by atoms with Crippen LogP contribution in [0.5, 0.6) is 5.75 Å². The van der Waals surface area contributed by atoms with E-state index in [0.29, 0.717) is 13.0 Å². The number of anilines is 1. The first kappa shape index (κ1) is 17.3. The monoisotopic (exact) mass is 338 g/mol. The maximum Gasteiger partial charge on any atom is 0.404 e. The minimum Gasteiger partial charge on any atom is -0.494 e. The normalized spacial score (nSPS) is 16.6. The Morgan fingerprint density at radius 1 is 1.46 bits per heavy atom. The zero-order valence-corrected chi connectivity index (χ0v) is 13.3. The van der Waals surface area contributed by atoms with Gasteiger partial charge in [0, 0.05) is 26.1 Å². The van der Waals surface area contributed by atoms with Crippen LogP contribution in [0.3, 0.4) is 0 Å². The Balaban J connectivity index is 2.28. The lowest BCUT2D eigenvalue weighted by Gasteiger charge is -2.17. The molecule has 1 heterocycles. The summed E-state index contributed by atoms with van der Waals surface area (Å²) in [5, 5.41) is 13.9. The molecule has 1 aliphatic heterocycles. The molecule has 0 saturated carbocycles. The molecule has 3 N–H and O–H groups in total. The molecule has 10 nitrogen and oxygen atoms in total. The van der Waals surface area contributed by atoms with Crippen molar-refractivity contribution in [2.45, 2.75) is 12.5 Å². The minimum absolute atomic E-state index is 0.122. The van der Waals surface area contributed by atoms with Gasteiger partial charge in [0.1, 0.15) is 11.9 Å². The molecule has 0 aromatic heterocycles. The minimum atomic E-state index is -0.898. The summed E-state index contributed by atoms with van der Waals surface area (Å²) in [5.41, 5.74) is 5.02. The van der Waals surface area contributed by atoms with Gasteiger partial charge in [-0.3, -0.25) is 14.9 Å². The third-order valence-corrected chi connectivity index (χ3v) is 3.71. The Morgan fingerprint density at radius 3 is 2.71 bits per heavy atom. The number of nitrogens with one attached hydrogen (secondary N) is 1. The fraction of sp³-hybridized carbons (Fsp3) is 0.429. The van der Waals surface area contributed by atoms with E-state index in [9.17, 15) is 19.7 Å². The highest BCUT2D eigenvalue weighted by atomic mass is 16.6. The van der Waals surface area contributed by atoms with Crippen molar-refractivity contribution >= 4 is 23.4 Å². The average molecular weight is 338 g/mol. The van der Waals surface area contributed by atoms with Gasteiger partial charge in [-0.25, -0.2) is 4.79 Å². The second kappa shape index (κ2) is 7.02. The van der Waals surface area contributed by atoms with Crippen molar-refractivity contribution in [1.29, 1.82) is 0 Å². The molecule has 0 radical (unpaired) electrons. The number of carbonyl (C=O) groups excluding carboxylic acids is 2. The van der Waals surface area contributed by atoms with E-state index in [1.807, 2.05) is 0 Å². The summed E-state index contributed by atoms with van der Waals surface area (Å²) in [6, 6.07) is 2.63. The Bertz CT molecular complexity index is 677. The van der Waals surface area contributed by atoms with Crippen LogP contribution in [-0.4, -0.2) is 55.2 Å². The van der Waals surface area contributed by atoms with Crippen LogP contribution in [0.4, 0.5) is 16.2 Å². The lowest BCUT2D eigenvalue weighted by molar-refractivity contribution is -0.384. The molecule has 0 spiro atoms. The van der Waals surface area contributed by atoms with E-state index in [-0.39, 0.29) is 29.2 Å². The number of carbonyl (C=O) groups is 2. The van der Waals surface area contributed by atoms with Gasteiger partial charge in [0.25, 0.3) is 11.6 Å². The first-order valence-electron chi connectivity index (χ1n) is 7.17. The Hall–Kier alpha value is -3.04. The summed E-state index contributed by atoms with van der Waals surface area (Å²) in [6.07, 6.45) is -0.910. The van der Waals surface area contributed by atoms with Crippen molar-refractivity contribution in [2.75, 3.05) is 32.6 Å². The molecule has 1 atom stereocenters. The summed E-state index contributed by atoms with van der Waals surface area (Å²) in [5.74, 6) is -0.214. The molecule has 0 bridgehead atoms. The van der Waals surface area contributed by atoms with Crippen molar-refractivity contribution in [3.05, 3.63) is 27.8 Å². The van der Waals surface area contributed by atoms with E-state index in [4.69, 9.17) is 15.2 Å². The van der Waals surface area contributed by atoms with E-state index in [1.165, 1.54) is 31.2 Å². The summed E-state index contributed by atoms with van der Waals surface area (Å²) >= 11 is 0. The van der Waals surface area contributed by atoms with Gasteiger partial charge in [-0.2, -0.15) is 0 Å². The predicted octanol–water partition coefficient (Wildman–Crippen LogP) is 0.955. The van der Waals surface area contributed by atoms with Crippen molar-refractivity contribution in [1.82, 2.24) is 4.90 Å². The van der Waals surface area contributed by atoms with E-state index >= 15 is 0 Å². The van der Waals surface area contributed by atoms with E-state index < -0.39 is 23.0 Å². The maximum atomic E-state index is 12.6. The van der Waals surface area contributed by atoms with Crippen LogP contribution in [0, 0.1) is 10.1 Å². The summed E-state index contributed by atoms with van der Waals surface area (Å²) in [7, 11) is 2.89. The third-order valence-electron chi connectivity index (χ3n) is 3.71. The zero-order valence-electron chi connectivity index (χ0n) is 13.3. The van der Waals surface area contributed by atoms with E-state index in [0.717, 1.165) is 0 Å². The van der Waals surface area contributed by atoms with Gasteiger partial charge >= 0.3 is 6.09 Å². The highest BCUT2D eigenvalue weighted by molar-refractivity contribution is 5.97. The topological polar surface area (TPSA) is 137 Å². The van der Waals surface area contributed by atoms with Gasteiger partial charge in [0.2, 0.25) is 0 Å². The lowest BCUT2D eigenvalue weighted by Crippen LogP contribution is -2.31. The van der Waals surface area contributed by atoms with Gasteiger partial charge in [0.15, 0.2) is 5.69 Å². The van der Waals surface area contributed by atoms with Crippen LogP contribution < -0.4 is 15.8 Å². The van der Waals surface area contributed by atoms with Crippen molar-refractivity contribution in [2.24, 2.45) is 5.73 Å². The molecule has 1 aliphatic rings. The first-order valence-corrected chi connectivity index (χ1v) is 7.17. The quantitative estimate of drug-likeness (QED) is 0.602. The number of nitro groups is 1. The average Bonchev–Trinajstić information content (AvgIpc) is 3.00. The van der Waals surface area contributed by atoms with Crippen LogP contribution in [0.25, 0.3) is 0 Å². The summed E-state index contributed by atoms with van der Waals surface area (Å²) < 4.78 is 10.0. The van der Waals surface area contributed by atoms with E-state index in [1.54, 1.807) is 0 Å². The number of benzene rings is 1. The zero-order chi connectivity index (χ0) is 17.9. The van der Waals surface area contributed by atoms with Gasteiger partial charge in [-0.1, -0.05) is 0 Å². The van der Waals surface area contributed by atoms with E-state index in [2.05, 4.69) is 5.32 Å². The number of nitrogens with two attached hydrogens (primary N) is 1. The number of hydrogen-bond donors (Lipinski definition) is 2. The second-order valence-electron chi connectivity index (χ2n) is 5.18. The lowest BCUT2D eigenvalue weighted by atomic mass is 10.1. The molecule has 2 rings (SSSR count). The van der Waals surface area contributed by atoms with Crippen molar-refractivity contribution in [3.8, 4) is 5.75 Å². The number of nitrogens with zero attached hydrogens (tertiary/aromatic N) is 2. The number of ether oxygens (including phenoxy) is 2. The highest BCUT2D eigenvalue weighted by Crippen LogP contribution is 2.36. The molecule has 24 heavy (non-hydrogen) atoms. The predicted molar refractivity (Wildman–Crippen MR) is 84.2 cm³/mol. The number of methoxy groups -OCH3 is 1. The number of amides is 2. The molecule has 1 fully saturated rings. The molecule has 1 aromatic carbocycles. The second-order valence-corrected chi connectivity index (χ2v) is 5.18. The highest BCUT2D eigenvalue weighted by Gasteiger charge is 2.31. The standard InChI is InChI=1S/C14H18N4O6/c1-16-12-10(18(21)22)5-8(6-11(12)23-2)13(19)17-4-3-9(7-17)24-14(15)20/h5-6,9,16H,3-4,7H2,1-2H3,(H2,15,20). The number of hydrogen-bond acceptors (Lipinski definition) is 7. The number of nitro benzene ring substituents is 1. The van der Waals surface area contributed by atoms with Gasteiger partial charge in [0.05, 0.1) is 24.1 Å². The van der Waals surface area contributed by atoms with Crippen LogP contribution in [-0.2, 0) is 4.74 Å². The molecule has 130 valence electrons. The largest absolute Gasteiger partial charge is 0.494 e. The molecule has 2 amide bonds. The SMILES string of the molecule is CNc1c(OC)cc(C(=O)N2CCC(OC(N)=O)C2)cc1[N+](=O)[O-]. The molecule has 1 unspecified atom stereocenters. The Morgan fingerprint density at radius 2 is 2.17 bits per heavy atom. The van der Waals surface area contributed by atoms with Crippen LogP contribution in [0.1, 0.15) is 16.8 Å². The van der Waals surface area contributed by atoms with Crippen LogP contribution in [0.15, 0.2) is 12.1 Å². The Labute approximate surface area is 137 Å². The molecular weight excluding hydrogens is 320 g/mol. The van der Waals surface area contributed by atoms with Gasteiger partial charge < -0.3 is 25.4 Å². The van der Waals surface area contributed by atoms with Gasteiger partial charge in [-0.05, 0) is 6.07 Å². The summed E-state index contributed by atoms with van der Waals surface area (Å²) in [6.45, 7) is 0.548. The smallest absolute Gasteiger partial charge is 0.404 e. The third kappa shape index (κ3) is 3.47.